The van der Waals surface area contributed by atoms with Gasteiger partial charge in [-0.2, -0.15) is 0 Å². The normalized spacial score (nSPS) is 16.1. The van der Waals surface area contributed by atoms with Gasteiger partial charge < -0.3 is 14.2 Å². The molecule has 3 nitrogen and oxygen atoms in total. The van der Waals surface area contributed by atoms with Crippen LogP contribution >= 0.6 is 0 Å². The van der Waals surface area contributed by atoms with Crippen molar-refractivity contribution in [3.63, 3.8) is 0 Å². The van der Waals surface area contributed by atoms with Gasteiger partial charge in [-0.25, -0.2) is 0 Å². The number of benzene rings is 1. The molecule has 0 bridgehead atoms. The second-order valence-electron chi connectivity index (χ2n) is 5.44. The molecular formula is C15H27NO2Si. The van der Waals surface area contributed by atoms with Crippen molar-refractivity contribution in [1.82, 2.24) is 0 Å². The SMILES string of the molecule is CCO[Si@@](C)(CC(C)C)OC(C)Nc1ccccc1. The van der Waals surface area contributed by atoms with Crippen molar-refractivity contribution >= 4 is 14.2 Å². The van der Waals surface area contributed by atoms with Crippen LogP contribution in [0.25, 0.3) is 0 Å². The first-order valence-corrected chi connectivity index (χ1v) is 9.61. The number of anilines is 1. The van der Waals surface area contributed by atoms with E-state index >= 15 is 0 Å². The fourth-order valence-corrected chi connectivity index (χ4v) is 5.54. The van der Waals surface area contributed by atoms with Crippen molar-refractivity contribution in [2.24, 2.45) is 5.92 Å². The zero-order chi connectivity index (χ0) is 14.3. The van der Waals surface area contributed by atoms with Gasteiger partial charge in [0.2, 0.25) is 0 Å². The molecule has 19 heavy (non-hydrogen) atoms. The van der Waals surface area contributed by atoms with Crippen LogP contribution in [-0.2, 0) is 8.85 Å². The molecule has 0 saturated carbocycles. The minimum Gasteiger partial charge on any atom is -0.395 e. The Morgan fingerprint density at radius 1 is 1.16 bits per heavy atom. The number of hydrogen-bond donors (Lipinski definition) is 1. The van der Waals surface area contributed by atoms with E-state index in [1.807, 2.05) is 44.2 Å². The third kappa shape index (κ3) is 6.23. The quantitative estimate of drug-likeness (QED) is 0.571. The molecule has 2 atom stereocenters. The van der Waals surface area contributed by atoms with E-state index in [1.54, 1.807) is 0 Å². The molecule has 0 saturated heterocycles. The Morgan fingerprint density at radius 3 is 2.32 bits per heavy atom. The van der Waals surface area contributed by atoms with Gasteiger partial charge in [0.15, 0.2) is 0 Å². The molecule has 0 heterocycles. The molecule has 1 aromatic carbocycles. The summed E-state index contributed by atoms with van der Waals surface area (Å²) in [4.78, 5) is 0. The standard InChI is InChI=1S/C15H27NO2Si/c1-6-17-19(5,12-13(2)3)18-14(4)16-15-10-8-7-9-11-15/h7-11,13-14,16H,6,12H2,1-5H3/t14?,19-/m1/s1. The van der Waals surface area contributed by atoms with Crippen LogP contribution < -0.4 is 5.32 Å². The van der Waals surface area contributed by atoms with Crippen molar-refractivity contribution in [3.8, 4) is 0 Å². The van der Waals surface area contributed by atoms with Crippen molar-refractivity contribution < 1.29 is 8.85 Å². The van der Waals surface area contributed by atoms with Gasteiger partial charge in [0, 0.05) is 12.3 Å². The number of nitrogens with one attached hydrogen (secondary N) is 1. The van der Waals surface area contributed by atoms with E-state index in [2.05, 4.69) is 25.7 Å². The summed E-state index contributed by atoms with van der Waals surface area (Å²) in [5.74, 6) is 0.590. The van der Waals surface area contributed by atoms with Crippen molar-refractivity contribution in [2.75, 3.05) is 11.9 Å². The van der Waals surface area contributed by atoms with Crippen LogP contribution in [0.3, 0.4) is 0 Å². The Bertz CT molecular complexity index is 358. The van der Waals surface area contributed by atoms with Crippen molar-refractivity contribution in [2.45, 2.75) is 46.5 Å². The smallest absolute Gasteiger partial charge is 0.336 e. The highest BCUT2D eigenvalue weighted by Gasteiger charge is 2.34. The summed E-state index contributed by atoms with van der Waals surface area (Å²) in [5, 5.41) is 3.36. The van der Waals surface area contributed by atoms with Crippen LogP contribution in [0.15, 0.2) is 30.3 Å². The average molecular weight is 281 g/mol. The summed E-state index contributed by atoms with van der Waals surface area (Å²) in [6.07, 6.45) is -0.0376. The maximum Gasteiger partial charge on any atom is 0.336 e. The minimum absolute atomic E-state index is 0.0376. The minimum atomic E-state index is -2.09. The molecule has 1 unspecified atom stereocenters. The molecule has 0 aliphatic carbocycles. The Balaban J connectivity index is 2.58. The topological polar surface area (TPSA) is 30.5 Å². The van der Waals surface area contributed by atoms with Crippen LogP contribution in [0.2, 0.25) is 12.6 Å². The van der Waals surface area contributed by atoms with Gasteiger partial charge in [-0.1, -0.05) is 32.0 Å². The van der Waals surface area contributed by atoms with Crippen LogP contribution in [-0.4, -0.2) is 21.4 Å². The monoisotopic (exact) mass is 281 g/mol. The number of para-hydroxylation sites is 1. The maximum atomic E-state index is 6.20. The molecule has 1 rings (SSSR count). The second kappa shape index (κ2) is 7.67. The van der Waals surface area contributed by atoms with E-state index in [0.717, 1.165) is 11.7 Å². The third-order valence-corrected chi connectivity index (χ3v) is 6.11. The Morgan fingerprint density at radius 2 is 1.79 bits per heavy atom. The zero-order valence-electron chi connectivity index (χ0n) is 12.8. The molecule has 1 N–H and O–H groups in total. The number of rotatable bonds is 8. The van der Waals surface area contributed by atoms with Gasteiger partial charge in [0.25, 0.3) is 0 Å². The second-order valence-corrected chi connectivity index (χ2v) is 8.64. The largest absolute Gasteiger partial charge is 0.395 e. The summed E-state index contributed by atoms with van der Waals surface area (Å²) in [7, 11) is -2.09. The Hall–Kier alpha value is -0.843. The predicted octanol–water partition coefficient (Wildman–Crippen LogP) is 4.23. The molecule has 0 aliphatic rings. The summed E-state index contributed by atoms with van der Waals surface area (Å²) in [5.41, 5.74) is 1.08. The molecule has 0 aliphatic heterocycles. The highest BCUT2D eigenvalue weighted by molar-refractivity contribution is 6.66. The summed E-state index contributed by atoms with van der Waals surface area (Å²) >= 11 is 0. The first kappa shape index (κ1) is 16.2. The molecule has 108 valence electrons. The van der Waals surface area contributed by atoms with Gasteiger partial charge in [-0.05, 0) is 44.5 Å². The Labute approximate surface area is 118 Å². The van der Waals surface area contributed by atoms with Crippen LogP contribution in [0.1, 0.15) is 27.7 Å². The van der Waals surface area contributed by atoms with Crippen LogP contribution in [0, 0.1) is 5.92 Å². The first-order chi connectivity index (χ1) is 8.95. The van der Waals surface area contributed by atoms with E-state index in [-0.39, 0.29) is 6.23 Å². The predicted molar refractivity (Wildman–Crippen MR) is 83.5 cm³/mol. The fourth-order valence-electron chi connectivity index (χ4n) is 2.36. The van der Waals surface area contributed by atoms with Gasteiger partial charge in [0.05, 0.1) is 0 Å². The van der Waals surface area contributed by atoms with Gasteiger partial charge in [-0.3, -0.25) is 0 Å². The van der Waals surface area contributed by atoms with Crippen LogP contribution in [0.5, 0.6) is 0 Å². The average Bonchev–Trinajstić information content (AvgIpc) is 2.28. The van der Waals surface area contributed by atoms with E-state index in [0.29, 0.717) is 12.5 Å². The lowest BCUT2D eigenvalue weighted by Crippen LogP contribution is -2.44. The summed E-state index contributed by atoms with van der Waals surface area (Å²) in [6.45, 7) is 11.4. The van der Waals surface area contributed by atoms with Crippen molar-refractivity contribution in [1.29, 1.82) is 0 Å². The fraction of sp³-hybridized carbons (Fsp3) is 0.600. The molecule has 0 spiro atoms. The zero-order valence-corrected chi connectivity index (χ0v) is 13.8. The van der Waals surface area contributed by atoms with Gasteiger partial charge >= 0.3 is 8.56 Å². The molecule has 0 radical (unpaired) electrons. The van der Waals surface area contributed by atoms with Crippen LogP contribution in [0.4, 0.5) is 5.69 Å². The van der Waals surface area contributed by atoms with Crippen molar-refractivity contribution in [3.05, 3.63) is 30.3 Å². The summed E-state index contributed by atoms with van der Waals surface area (Å²) in [6, 6.07) is 11.1. The molecule has 0 fully saturated rings. The highest BCUT2D eigenvalue weighted by Crippen LogP contribution is 2.21. The van der Waals surface area contributed by atoms with E-state index in [4.69, 9.17) is 8.85 Å². The van der Waals surface area contributed by atoms with E-state index < -0.39 is 8.56 Å². The van der Waals surface area contributed by atoms with E-state index in [1.165, 1.54) is 0 Å². The lowest BCUT2D eigenvalue weighted by atomic mass is 10.3. The number of hydrogen-bond acceptors (Lipinski definition) is 3. The lowest BCUT2D eigenvalue weighted by molar-refractivity contribution is 0.143. The maximum absolute atomic E-state index is 6.20. The Kier molecular flexibility index (Phi) is 6.55. The van der Waals surface area contributed by atoms with E-state index in [9.17, 15) is 0 Å². The lowest BCUT2D eigenvalue weighted by Gasteiger charge is -2.32. The van der Waals surface area contributed by atoms with Gasteiger partial charge in [0.1, 0.15) is 6.23 Å². The molecule has 1 aromatic rings. The highest BCUT2D eigenvalue weighted by atomic mass is 28.4. The molecule has 0 aromatic heterocycles. The van der Waals surface area contributed by atoms with Gasteiger partial charge in [-0.15, -0.1) is 0 Å². The third-order valence-electron chi connectivity index (χ3n) is 2.80. The molecular weight excluding hydrogens is 254 g/mol. The molecule has 4 heteroatoms. The summed E-state index contributed by atoms with van der Waals surface area (Å²) < 4.78 is 12.1. The first-order valence-electron chi connectivity index (χ1n) is 7.08. The molecule has 0 amide bonds.